The van der Waals surface area contributed by atoms with E-state index in [2.05, 4.69) is 23.2 Å². The minimum absolute atomic E-state index is 0.0641. The highest BCUT2D eigenvalue weighted by atomic mass is 35.5. The van der Waals surface area contributed by atoms with Gasteiger partial charge in [-0.3, -0.25) is 4.79 Å². The first kappa shape index (κ1) is 18.8. The van der Waals surface area contributed by atoms with E-state index in [1.54, 1.807) is 19.2 Å². The van der Waals surface area contributed by atoms with Gasteiger partial charge in [0.2, 0.25) is 0 Å². The van der Waals surface area contributed by atoms with Crippen LogP contribution in [0.25, 0.3) is 10.9 Å². The Hall–Kier alpha value is -3.24. The van der Waals surface area contributed by atoms with Crippen molar-refractivity contribution in [3.05, 3.63) is 100 Å². The van der Waals surface area contributed by atoms with Crippen molar-refractivity contribution in [1.29, 1.82) is 0 Å². The van der Waals surface area contributed by atoms with Crippen LogP contribution in [0.2, 0.25) is 5.02 Å². The molecule has 150 valence electrons. The first-order valence-corrected chi connectivity index (χ1v) is 10.3. The molecule has 4 nitrogen and oxygen atoms in total. The van der Waals surface area contributed by atoms with Gasteiger partial charge in [0.1, 0.15) is 5.75 Å². The summed E-state index contributed by atoms with van der Waals surface area (Å²) >= 11 is 6.36. The number of halogens is 1. The first-order valence-electron chi connectivity index (χ1n) is 9.96. The Labute approximate surface area is 180 Å². The van der Waals surface area contributed by atoms with E-state index in [0.29, 0.717) is 17.1 Å². The molecular formula is C25H21ClN2O2. The van der Waals surface area contributed by atoms with E-state index in [1.807, 2.05) is 47.4 Å². The Balaban J connectivity index is 1.66. The van der Waals surface area contributed by atoms with Crippen LogP contribution in [-0.4, -0.2) is 29.4 Å². The Bertz CT molecular complexity index is 1230. The summed E-state index contributed by atoms with van der Waals surface area (Å²) in [6, 6.07) is 23.2. The number of hydrogen-bond donors (Lipinski definition) is 1. The number of ether oxygens (including phenoxy) is 1. The predicted octanol–water partition coefficient (Wildman–Crippen LogP) is 5.62. The van der Waals surface area contributed by atoms with Gasteiger partial charge < -0.3 is 14.6 Å². The van der Waals surface area contributed by atoms with Gasteiger partial charge in [-0.05, 0) is 47.9 Å². The van der Waals surface area contributed by atoms with Crippen molar-refractivity contribution in [3.63, 3.8) is 0 Å². The fourth-order valence-electron chi connectivity index (χ4n) is 4.38. The first-order chi connectivity index (χ1) is 14.7. The van der Waals surface area contributed by atoms with Crippen LogP contribution < -0.4 is 4.74 Å². The quantitative estimate of drug-likeness (QED) is 0.471. The molecule has 0 spiro atoms. The average Bonchev–Trinajstić information content (AvgIpc) is 3.17. The molecule has 3 aromatic carbocycles. The van der Waals surface area contributed by atoms with Crippen LogP contribution in [0.3, 0.4) is 0 Å². The maximum atomic E-state index is 13.6. The SMILES string of the molecule is COc1ccc([C@H]2c3[nH]c4ccccc4c3CCN2C(=O)c2ccccc2Cl)cc1. The number of nitrogens with zero attached hydrogens (tertiary/aromatic N) is 1. The molecule has 0 saturated carbocycles. The van der Waals surface area contributed by atoms with Crippen LogP contribution in [0, 0.1) is 0 Å². The Kier molecular flexibility index (Phi) is 4.72. The van der Waals surface area contributed by atoms with Crippen molar-refractivity contribution in [2.75, 3.05) is 13.7 Å². The summed E-state index contributed by atoms with van der Waals surface area (Å²) in [6.45, 7) is 0.621. The molecule has 0 saturated heterocycles. The molecule has 1 amide bonds. The van der Waals surface area contributed by atoms with Gasteiger partial charge in [0.05, 0.1) is 23.7 Å². The lowest BCUT2D eigenvalue weighted by molar-refractivity contribution is 0.0692. The fraction of sp³-hybridized carbons (Fsp3) is 0.160. The molecule has 0 unspecified atom stereocenters. The predicted molar refractivity (Wildman–Crippen MR) is 119 cm³/mol. The normalized spacial score (nSPS) is 15.8. The molecule has 2 heterocycles. The van der Waals surface area contributed by atoms with Crippen molar-refractivity contribution in [1.82, 2.24) is 9.88 Å². The zero-order valence-electron chi connectivity index (χ0n) is 16.6. The fourth-order valence-corrected chi connectivity index (χ4v) is 4.60. The highest BCUT2D eigenvalue weighted by Crippen LogP contribution is 2.39. The van der Waals surface area contributed by atoms with E-state index >= 15 is 0 Å². The van der Waals surface area contributed by atoms with Gasteiger partial charge in [-0.1, -0.05) is 54.1 Å². The Morgan fingerprint density at radius 1 is 1.03 bits per heavy atom. The van der Waals surface area contributed by atoms with Crippen molar-refractivity contribution < 1.29 is 9.53 Å². The number of para-hydroxylation sites is 1. The summed E-state index contributed by atoms with van der Waals surface area (Å²) in [5.41, 5.74) is 4.98. The van der Waals surface area contributed by atoms with E-state index < -0.39 is 0 Å². The molecule has 1 atom stereocenters. The second-order valence-corrected chi connectivity index (χ2v) is 7.87. The molecule has 0 aliphatic carbocycles. The molecule has 1 aliphatic heterocycles. The van der Waals surface area contributed by atoms with Crippen molar-refractivity contribution in [2.45, 2.75) is 12.5 Å². The third-order valence-corrected chi connectivity index (χ3v) is 6.16. The molecule has 1 aromatic heterocycles. The van der Waals surface area contributed by atoms with Gasteiger partial charge in [-0.15, -0.1) is 0 Å². The molecule has 1 aliphatic rings. The number of carbonyl (C=O) groups excluding carboxylic acids is 1. The van der Waals surface area contributed by atoms with Gasteiger partial charge in [-0.2, -0.15) is 0 Å². The summed E-state index contributed by atoms with van der Waals surface area (Å²) in [4.78, 5) is 19.1. The van der Waals surface area contributed by atoms with E-state index in [4.69, 9.17) is 16.3 Å². The number of aromatic nitrogens is 1. The zero-order chi connectivity index (χ0) is 20.7. The number of rotatable bonds is 3. The number of aromatic amines is 1. The summed E-state index contributed by atoms with van der Waals surface area (Å²) in [7, 11) is 1.65. The third-order valence-electron chi connectivity index (χ3n) is 5.83. The maximum absolute atomic E-state index is 13.6. The zero-order valence-corrected chi connectivity index (χ0v) is 17.3. The minimum Gasteiger partial charge on any atom is -0.497 e. The largest absolute Gasteiger partial charge is 0.497 e. The van der Waals surface area contributed by atoms with E-state index in [1.165, 1.54) is 10.9 Å². The summed E-state index contributed by atoms with van der Waals surface area (Å²) in [5.74, 6) is 0.723. The molecule has 1 N–H and O–H groups in total. The second kappa shape index (κ2) is 7.54. The molecule has 0 bridgehead atoms. The Morgan fingerprint density at radius 2 is 1.77 bits per heavy atom. The monoisotopic (exact) mass is 416 g/mol. The highest BCUT2D eigenvalue weighted by Gasteiger charge is 2.35. The number of H-pyrrole nitrogens is 1. The van der Waals surface area contributed by atoms with Crippen LogP contribution in [0.1, 0.15) is 33.2 Å². The topological polar surface area (TPSA) is 45.3 Å². The number of amides is 1. The van der Waals surface area contributed by atoms with Crippen LogP contribution in [-0.2, 0) is 6.42 Å². The maximum Gasteiger partial charge on any atom is 0.256 e. The number of methoxy groups -OCH3 is 1. The summed E-state index contributed by atoms with van der Waals surface area (Å²) < 4.78 is 5.33. The van der Waals surface area contributed by atoms with Crippen molar-refractivity contribution >= 4 is 28.4 Å². The van der Waals surface area contributed by atoms with Crippen LogP contribution >= 0.6 is 11.6 Å². The minimum atomic E-state index is -0.226. The van der Waals surface area contributed by atoms with Gasteiger partial charge in [-0.25, -0.2) is 0 Å². The number of fused-ring (bicyclic) bond motifs is 3. The molecule has 5 heteroatoms. The molecule has 4 aromatic rings. The van der Waals surface area contributed by atoms with Crippen molar-refractivity contribution in [2.24, 2.45) is 0 Å². The number of hydrogen-bond acceptors (Lipinski definition) is 2. The van der Waals surface area contributed by atoms with Crippen LogP contribution in [0.5, 0.6) is 5.75 Å². The Morgan fingerprint density at radius 3 is 2.53 bits per heavy atom. The second-order valence-electron chi connectivity index (χ2n) is 7.47. The highest BCUT2D eigenvalue weighted by molar-refractivity contribution is 6.33. The van der Waals surface area contributed by atoms with Crippen LogP contribution in [0.4, 0.5) is 0 Å². The van der Waals surface area contributed by atoms with E-state index in [-0.39, 0.29) is 11.9 Å². The van der Waals surface area contributed by atoms with E-state index in [0.717, 1.165) is 28.9 Å². The summed E-state index contributed by atoms with van der Waals surface area (Å²) in [6.07, 6.45) is 0.794. The van der Waals surface area contributed by atoms with Gasteiger partial charge in [0.25, 0.3) is 5.91 Å². The van der Waals surface area contributed by atoms with Gasteiger partial charge >= 0.3 is 0 Å². The molecule has 0 radical (unpaired) electrons. The van der Waals surface area contributed by atoms with Crippen molar-refractivity contribution in [3.8, 4) is 5.75 Å². The lowest BCUT2D eigenvalue weighted by Gasteiger charge is -2.36. The number of nitrogens with one attached hydrogen (secondary N) is 1. The van der Waals surface area contributed by atoms with E-state index in [9.17, 15) is 4.79 Å². The standard InChI is InChI=1S/C25H21ClN2O2/c1-30-17-12-10-16(11-13-17)24-23-19(18-6-3-5-9-22(18)27-23)14-15-28(24)25(29)20-7-2-4-8-21(20)26/h2-13,24,27H,14-15H2,1H3/t24-/m0/s1. The summed E-state index contributed by atoms with van der Waals surface area (Å²) in [5, 5.41) is 1.69. The third kappa shape index (κ3) is 3.04. The lowest BCUT2D eigenvalue weighted by Crippen LogP contribution is -2.40. The van der Waals surface area contributed by atoms with Gasteiger partial charge in [0, 0.05) is 23.1 Å². The lowest BCUT2D eigenvalue weighted by atomic mass is 9.91. The molecular weight excluding hydrogens is 396 g/mol. The van der Waals surface area contributed by atoms with Gasteiger partial charge in [0.15, 0.2) is 0 Å². The smallest absolute Gasteiger partial charge is 0.256 e. The number of benzene rings is 3. The molecule has 5 rings (SSSR count). The average molecular weight is 417 g/mol. The van der Waals surface area contributed by atoms with Crippen LogP contribution in [0.15, 0.2) is 72.8 Å². The molecule has 0 fully saturated rings. The molecule has 30 heavy (non-hydrogen) atoms. The number of carbonyl (C=O) groups is 1.